The lowest BCUT2D eigenvalue weighted by molar-refractivity contribution is -0.217. The average Bonchev–Trinajstić information content (AvgIpc) is 2.46. The van der Waals surface area contributed by atoms with Crippen LogP contribution >= 0.6 is 0 Å². The molecule has 126 valence electrons. The van der Waals surface area contributed by atoms with Gasteiger partial charge in [-0.15, -0.1) is 0 Å². The summed E-state index contributed by atoms with van der Waals surface area (Å²) >= 11 is 0. The quantitative estimate of drug-likeness (QED) is 0.387. The number of unbranched alkanes of at least 4 members (excludes halogenated alkanes) is 2. The van der Waals surface area contributed by atoms with Crippen LogP contribution in [0.25, 0.3) is 0 Å². The van der Waals surface area contributed by atoms with Gasteiger partial charge in [0.15, 0.2) is 6.29 Å². The molecule has 0 aliphatic carbocycles. The third kappa shape index (κ3) is 7.51. The van der Waals surface area contributed by atoms with Crippen molar-refractivity contribution >= 4 is 18.2 Å². The first kappa shape index (κ1) is 18.6. The summed E-state index contributed by atoms with van der Waals surface area (Å²) in [7, 11) is 0. The molecule has 0 saturated carbocycles. The number of aldehydes is 1. The van der Waals surface area contributed by atoms with Gasteiger partial charge in [0.05, 0.1) is 12.1 Å². The van der Waals surface area contributed by atoms with E-state index in [1.807, 2.05) is 0 Å². The molecule has 1 aliphatic rings. The minimum atomic E-state index is -0.561. The molecule has 0 spiro atoms. The lowest BCUT2D eigenvalue weighted by atomic mass is 10.0. The molecule has 1 heterocycles. The fraction of sp³-hybridized carbons (Fsp3) is 0.800. The van der Waals surface area contributed by atoms with Crippen molar-refractivity contribution < 1.29 is 28.6 Å². The number of carbonyl (C=O) groups excluding carboxylic acids is 3. The molecular formula is C15H25NO6. The van der Waals surface area contributed by atoms with Gasteiger partial charge in [-0.25, -0.2) is 0 Å². The maximum Gasteiger partial charge on any atom is 0.302 e. The zero-order valence-electron chi connectivity index (χ0n) is 13.2. The Balaban J connectivity index is 2.44. The van der Waals surface area contributed by atoms with E-state index in [-0.39, 0.29) is 30.6 Å². The van der Waals surface area contributed by atoms with E-state index in [0.29, 0.717) is 25.9 Å². The number of hydrogen-bond acceptors (Lipinski definition) is 6. The van der Waals surface area contributed by atoms with Gasteiger partial charge in [-0.2, -0.15) is 0 Å². The summed E-state index contributed by atoms with van der Waals surface area (Å²) in [4.78, 5) is 32.4. The second kappa shape index (κ2) is 10.3. The van der Waals surface area contributed by atoms with Gasteiger partial charge >= 0.3 is 5.97 Å². The van der Waals surface area contributed by atoms with E-state index in [0.717, 1.165) is 19.1 Å². The molecule has 7 nitrogen and oxygen atoms in total. The van der Waals surface area contributed by atoms with Gasteiger partial charge in [0.25, 0.3) is 0 Å². The summed E-state index contributed by atoms with van der Waals surface area (Å²) in [6.45, 7) is 3.44. The fourth-order valence-electron chi connectivity index (χ4n) is 2.27. The number of esters is 1. The van der Waals surface area contributed by atoms with Crippen LogP contribution in [-0.4, -0.2) is 49.8 Å². The molecule has 0 aromatic heterocycles. The zero-order chi connectivity index (χ0) is 16.4. The lowest BCUT2D eigenvalue weighted by Gasteiger charge is -2.36. The monoisotopic (exact) mass is 315 g/mol. The van der Waals surface area contributed by atoms with Crippen molar-refractivity contribution in [2.75, 3.05) is 13.2 Å². The summed E-state index contributed by atoms with van der Waals surface area (Å²) in [5.41, 5.74) is 0. The summed E-state index contributed by atoms with van der Waals surface area (Å²) in [5.74, 6) is -0.486. The number of carbonyl (C=O) groups is 3. The van der Waals surface area contributed by atoms with Gasteiger partial charge in [-0.3, -0.25) is 9.59 Å². The Morgan fingerprint density at radius 3 is 2.68 bits per heavy atom. The molecule has 1 rings (SSSR count). The third-order valence-corrected chi connectivity index (χ3v) is 3.31. The molecule has 1 saturated heterocycles. The van der Waals surface area contributed by atoms with Crippen molar-refractivity contribution in [1.29, 1.82) is 0 Å². The number of hydrogen-bond donors (Lipinski definition) is 1. The van der Waals surface area contributed by atoms with Crippen molar-refractivity contribution in [2.45, 2.75) is 64.4 Å². The van der Waals surface area contributed by atoms with Crippen LogP contribution < -0.4 is 5.32 Å². The van der Waals surface area contributed by atoms with E-state index in [4.69, 9.17) is 14.2 Å². The molecule has 0 radical (unpaired) electrons. The molecule has 3 atom stereocenters. The maximum atomic E-state index is 11.2. The Morgan fingerprint density at radius 2 is 2.05 bits per heavy atom. The molecule has 0 bridgehead atoms. The Morgan fingerprint density at radius 1 is 1.27 bits per heavy atom. The molecule has 1 N–H and O–H groups in total. The highest BCUT2D eigenvalue weighted by Gasteiger charge is 2.32. The summed E-state index contributed by atoms with van der Waals surface area (Å²) in [6.07, 6.45) is 3.50. The normalized spacial score (nSPS) is 24.5. The summed E-state index contributed by atoms with van der Waals surface area (Å²) in [5, 5.41) is 2.82. The second-order valence-electron chi connectivity index (χ2n) is 5.35. The number of nitrogens with one attached hydrogen (secondary N) is 1. The smallest absolute Gasteiger partial charge is 0.302 e. The van der Waals surface area contributed by atoms with Gasteiger partial charge in [0.1, 0.15) is 12.9 Å². The fourth-order valence-corrected chi connectivity index (χ4v) is 2.27. The largest absolute Gasteiger partial charge is 0.463 e. The molecular weight excluding hydrogens is 290 g/mol. The van der Waals surface area contributed by atoms with E-state index in [2.05, 4.69) is 5.32 Å². The number of rotatable bonds is 9. The SMILES string of the molecule is CC(=O)NC1CCC(COC(C)=O)OC1OCCCCC=O. The molecule has 3 unspecified atom stereocenters. The van der Waals surface area contributed by atoms with Crippen molar-refractivity contribution in [2.24, 2.45) is 0 Å². The zero-order valence-corrected chi connectivity index (χ0v) is 13.2. The Kier molecular flexibility index (Phi) is 8.69. The van der Waals surface area contributed by atoms with Crippen LogP contribution in [0, 0.1) is 0 Å². The Hall–Kier alpha value is -1.47. The third-order valence-electron chi connectivity index (χ3n) is 3.31. The molecule has 22 heavy (non-hydrogen) atoms. The van der Waals surface area contributed by atoms with Gasteiger partial charge in [0.2, 0.25) is 5.91 Å². The van der Waals surface area contributed by atoms with Crippen LogP contribution in [-0.2, 0) is 28.6 Å². The number of amides is 1. The van der Waals surface area contributed by atoms with Crippen LogP contribution in [0.5, 0.6) is 0 Å². The van der Waals surface area contributed by atoms with Gasteiger partial charge < -0.3 is 24.3 Å². The van der Waals surface area contributed by atoms with Gasteiger partial charge in [0, 0.05) is 26.9 Å². The first-order valence-electron chi connectivity index (χ1n) is 7.64. The second-order valence-corrected chi connectivity index (χ2v) is 5.35. The van der Waals surface area contributed by atoms with Gasteiger partial charge in [-0.05, 0) is 25.7 Å². The minimum Gasteiger partial charge on any atom is -0.463 e. The van der Waals surface area contributed by atoms with Crippen molar-refractivity contribution in [3.63, 3.8) is 0 Å². The van der Waals surface area contributed by atoms with E-state index >= 15 is 0 Å². The van der Waals surface area contributed by atoms with E-state index < -0.39 is 6.29 Å². The molecule has 1 fully saturated rings. The van der Waals surface area contributed by atoms with Crippen LogP contribution in [0.2, 0.25) is 0 Å². The number of ether oxygens (including phenoxy) is 3. The highest BCUT2D eigenvalue weighted by atomic mass is 16.7. The minimum absolute atomic E-state index is 0.137. The van der Waals surface area contributed by atoms with Crippen molar-refractivity contribution in [3.05, 3.63) is 0 Å². The predicted octanol–water partition coefficient (Wildman–Crippen LogP) is 0.945. The Bertz CT molecular complexity index is 373. The maximum absolute atomic E-state index is 11.2. The molecule has 0 aromatic carbocycles. The van der Waals surface area contributed by atoms with E-state index in [1.54, 1.807) is 0 Å². The van der Waals surface area contributed by atoms with E-state index in [1.165, 1.54) is 13.8 Å². The molecule has 7 heteroatoms. The first-order chi connectivity index (χ1) is 10.5. The van der Waals surface area contributed by atoms with E-state index in [9.17, 15) is 14.4 Å². The highest BCUT2D eigenvalue weighted by Crippen LogP contribution is 2.21. The predicted molar refractivity (Wildman–Crippen MR) is 78.0 cm³/mol. The lowest BCUT2D eigenvalue weighted by Crippen LogP contribution is -2.51. The van der Waals surface area contributed by atoms with Crippen LogP contribution in [0.15, 0.2) is 0 Å². The first-order valence-corrected chi connectivity index (χ1v) is 7.64. The van der Waals surface area contributed by atoms with Crippen LogP contribution in [0.4, 0.5) is 0 Å². The Labute approximate surface area is 130 Å². The molecule has 1 aliphatic heterocycles. The topological polar surface area (TPSA) is 90.9 Å². The average molecular weight is 315 g/mol. The summed E-state index contributed by atoms with van der Waals surface area (Å²) in [6, 6.07) is -0.211. The van der Waals surface area contributed by atoms with Crippen molar-refractivity contribution in [1.82, 2.24) is 5.32 Å². The van der Waals surface area contributed by atoms with Crippen molar-refractivity contribution in [3.8, 4) is 0 Å². The standard InChI is InChI=1S/C15H25NO6/c1-11(18)16-14-7-6-13(10-21-12(2)19)22-15(14)20-9-5-3-4-8-17/h8,13-15H,3-7,9-10H2,1-2H3,(H,16,18). The highest BCUT2D eigenvalue weighted by molar-refractivity contribution is 5.73. The van der Waals surface area contributed by atoms with Crippen LogP contribution in [0.3, 0.4) is 0 Å². The molecule has 0 aromatic rings. The summed E-state index contributed by atoms with van der Waals surface area (Å²) < 4.78 is 16.4. The van der Waals surface area contributed by atoms with Gasteiger partial charge in [-0.1, -0.05) is 0 Å². The van der Waals surface area contributed by atoms with Crippen LogP contribution in [0.1, 0.15) is 46.0 Å². The molecule has 1 amide bonds.